The fourth-order valence-corrected chi connectivity index (χ4v) is 2.17. The van der Waals surface area contributed by atoms with Crippen molar-refractivity contribution >= 4 is 29.1 Å². The zero-order chi connectivity index (χ0) is 11.1. The molecule has 0 aliphatic carbocycles. The van der Waals surface area contributed by atoms with Gasteiger partial charge in [-0.1, -0.05) is 6.92 Å². The highest BCUT2D eigenvalue weighted by atomic mass is 35.5. The van der Waals surface area contributed by atoms with Crippen molar-refractivity contribution in [3.05, 3.63) is 24.3 Å². The van der Waals surface area contributed by atoms with Crippen molar-refractivity contribution in [2.45, 2.75) is 18.2 Å². The van der Waals surface area contributed by atoms with Gasteiger partial charge in [-0.15, -0.1) is 23.4 Å². The molecular weight excluding hydrogens is 226 g/mol. The maximum atomic E-state index is 5.67. The lowest BCUT2D eigenvalue weighted by atomic mass is 10.3. The molecule has 0 radical (unpaired) electrons. The van der Waals surface area contributed by atoms with Crippen molar-refractivity contribution in [3.63, 3.8) is 0 Å². The Balaban J connectivity index is 2.54. The molecule has 0 aliphatic heterocycles. The van der Waals surface area contributed by atoms with Crippen LogP contribution in [0.2, 0.25) is 0 Å². The lowest BCUT2D eigenvalue weighted by Crippen LogP contribution is -2.18. The van der Waals surface area contributed by atoms with E-state index in [2.05, 4.69) is 43.1 Å². The zero-order valence-corrected chi connectivity index (χ0v) is 10.9. The molecule has 0 N–H and O–H groups in total. The highest BCUT2D eigenvalue weighted by molar-refractivity contribution is 7.99. The van der Waals surface area contributed by atoms with Gasteiger partial charge in [0.1, 0.15) is 0 Å². The number of benzene rings is 1. The van der Waals surface area contributed by atoms with Crippen LogP contribution in [-0.4, -0.2) is 25.2 Å². The van der Waals surface area contributed by atoms with Gasteiger partial charge in [-0.3, -0.25) is 0 Å². The normalized spacial score (nSPS) is 10.3. The van der Waals surface area contributed by atoms with Crippen LogP contribution in [0.5, 0.6) is 0 Å². The van der Waals surface area contributed by atoms with E-state index in [0.717, 1.165) is 24.6 Å². The molecule has 15 heavy (non-hydrogen) atoms. The van der Waals surface area contributed by atoms with E-state index in [1.54, 1.807) is 0 Å². The van der Waals surface area contributed by atoms with Gasteiger partial charge in [0.05, 0.1) is 0 Å². The van der Waals surface area contributed by atoms with Crippen LogP contribution in [0.1, 0.15) is 13.3 Å². The average molecular weight is 244 g/mol. The molecule has 0 amide bonds. The van der Waals surface area contributed by atoms with Crippen LogP contribution in [0, 0.1) is 0 Å². The molecule has 0 spiro atoms. The molecule has 84 valence electrons. The summed E-state index contributed by atoms with van der Waals surface area (Å²) in [4.78, 5) is 3.58. The number of hydrogen-bond donors (Lipinski definition) is 0. The smallest absolute Gasteiger partial charge is 0.0364 e. The van der Waals surface area contributed by atoms with E-state index in [1.807, 2.05) is 11.8 Å². The molecule has 3 heteroatoms. The lowest BCUT2D eigenvalue weighted by molar-refractivity contribution is 0.856. The van der Waals surface area contributed by atoms with Gasteiger partial charge in [-0.25, -0.2) is 0 Å². The number of alkyl halides is 1. The largest absolute Gasteiger partial charge is 0.375 e. The van der Waals surface area contributed by atoms with Crippen molar-refractivity contribution < 1.29 is 0 Å². The van der Waals surface area contributed by atoms with E-state index in [9.17, 15) is 0 Å². The first-order chi connectivity index (χ1) is 7.27. The lowest BCUT2D eigenvalue weighted by Gasteiger charge is -2.18. The molecular formula is C12H18ClNS. The molecule has 0 aliphatic rings. The van der Waals surface area contributed by atoms with Crippen LogP contribution >= 0.6 is 23.4 Å². The Bertz CT molecular complexity index is 273. The second-order valence-electron chi connectivity index (χ2n) is 3.39. The molecule has 1 aromatic carbocycles. The second kappa shape index (κ2) is 7.02. The maximum Gasteiger partial charge on any atom is 0.0364 e. The molecule has 0 heterocycles. The molecule has 1 rings (SSSR count). The Kier molecular flexibility index (Phi) is 5.96. The van der Waals surface area contributed by atoms with Gasteiger partial charge in [0.2, 0.25) is 0 Å². The summed E-state index contributed by atoms with van der Waals surface area (Å²) in [5.74, 6) is 1.86. The fraction of sp³-hybridized carbons (Fsp3) is 0.500. The SMILES string of the molecule is CCSc1ccc(N(C)CCCCl)cc1. The predicted molar refractivity (Wildman–Crippen MR) is 71.4 cm³/mol. The zero-order valence-electron chi connectivity index (χ0n) is 9.37. The number of anilines is 1. The fourth-order valence-electron chi connectivity index (χ4n) is 1.39. The predicted octanol–water partition coefficient (Wildman–Crippen LogP) is 3.86. The molecule has 0 atom stereocenters. The monoisotopic (exact) mass is 243 g/mol. The van der Waals surface area contributed by atoms with Crippen LogP contribution in [0.4, 0.5) is 5.69 Å². The first-order valence-corrected chi connectivity index (χ1v) is 6.80. The molecule has 0 aromatic heterocycles. The summed E-state index contributed by atoms with van der Waals surface area (Å²) in [5, 5.41) is 0. The third-order valence-corrected chi connectivity index (χ3v) is 3.38. The molecule has 0 unspecified atom stereocenters. The standard InChI is InChI=1S/C12H18ClNS/c1-3-15-12-7-5-11(6-8-12)14(2)10-4-9-13/h5-8H,3-4,9-10H2,1-2H3. The van der Waals surface area contributed by atoms with Crippen molar-refractivity contribution in [3.8, 4) is 0 Å². The van der Waals surface area contributed by atoms with Gasteiger partial charge in [0.15, 0.2) is 0 Å². The Morgan fingerprint density at radius 1 is 1.27 bits per heavy atom. The van der Waals surface area contributed by atoms with Gasteiger partial charge >= 0.3 is 0 Å². The van der Waals surface area contributed by atoms with Crippen LogP contribution in [0.25, 0.3) is 0 Å². The van der Waals surface area contributed by atoms with Crippen molar-refractivity contribution in [2.24, 2.45) is 0 Å². The Morgan fingerprint density at radius 2 is 1.93 bits per heavy atom. The van der Waals surface area contributed by atoms with E-state index in [1.165, 1.54) is 10.6 Å². The Labute approximate surface area is 102 Å². The summed E-state index contributed by atoms with van der Waals surface area (Å²) >= 11 is 7.54. The summed E-state index contributed by atoms with van der Waals surface area (Å²) in [7, 11) is 2.11. The summed E-state index contributed by atoms with van der Waals surface area (Å²) in [6.45, 7) is 3.19. The van der Waals surface area contributed by atoms with Crippen molar-refractivity contribution in [2.75, 3.05) is 30.1 Å². The van der Waals surface area contributed by atoms with Gasteiger partial charge in [-0.05, 0) is 36.4 Å². The van der Waals surface area contributed by atoms with Crippen LogP contribution < -0.4 is 4.90 Å². The van der Waals surface area contributed by atoms with Crippen LogP contribution in [0.15, 0.2) is 29.2 Å². The summed E-state index contributed by atoms with van der Waals surface area (Å²) in [5.41, 5.74) is 1.26. The van der Waals surface area contributed by atoms with Gasteiger partial charge in [0.25, 0.3) is 0 Å². The maximum absolute atomic E-state index is 5.67. The highest BCUT2D eigenvalue weighted by Gasteiger charge is 2.00. The Morgan fingerprint density at radius 3 is 2.47 bits per heavy atom. The summed E-state index contributed by atoms with van der Waals surface area (Å²) < 4.78 is 0. The van der Waals surface area contributed by atoms with Gasteiger partial charge < -0.3 is 4.90 Å². The molecule has 1 aromatic rings. The third-order valence-electron chi connectivity index (χ3n) is 2.22. The number of nitrogens with zero attached hydrogens (tertiary/aromatic N) is 1. The summed E-state index contributed by atoms with van der Waals surface area (Å²) in [6.07, 6.45) is 1.03. The molecule has 1 nitrogen and oxygen atoms in total. The van der Waals surface area contributed by atoms with E-state index in [4.69, 9.17) is 11.6 Å². The van der Waals surface area contributed by atoms with Crippen molar-refractivity contribution in [1.82, 2.24) is 0 Å². The topological polar surface area (TPSA) is 3.24 Å². The van der Waals surface area contributed by atoms with E-state index < -0.39 is 0 Å². The minimum absolute atomic E-state index is 0.730. The minimum atomic E-state index is 0.730. The molecule has 0 saturated carbocycles. The molecule has 0 fully saturated rings. The first kappa shape index (κ1) is 12.7. The van der Waals surface area contributed by atoms with E-state index in [0.29, 0.717) is 0 Å². The van der Waals surface area contributed by atoms with E-state index in [-0.39, 0.29) is 0 Å². The second-order valence-corrected chi connectivity index (χ2v) is 5.11. The quantitative estimate of drug-likeness (QED) is 0.551. The number of thioether (sulfide) groups is 1. The van der Waals surface area contributed by atoms with E-state index >= 15 is 0 Å². The highest BCUT2D eigenvalue weighted by Crippen LogP contribution is 2.21. The number of halogens is 1. The first-order valence-electron chi connectivity index (χ1n) is 5.28. The molecule has 0 bridgehead atoms. The molecule has 0 saturated heterocycles. The van der Waals surface area contributed by atoms with Gasteiger partial charge in [-0.2, -0.15) is 0 Å². The third kappa shape index (κ3) is 4.35. The number of hydrogen-bond acceptors (Lipinski definition) is 2. The Hall–Kier alpha value is -0.340. The minimum Gasteiger partial charge on any atom is -0.375 e. The van der Waals surface area contributed by atoms with Crippen LogP contribution in [0.3, 0.4) is 0 Å². The number of rotatable bonds is 6. The summed E-state index contributed by atoms with van der Waals surface area (Å²) in [6, 6.07) is 8.71. The van der Waals surface area contributed by atoms with Gasteiger partial charge in [0, 0.05) is 30.1 Å². The van der Waals surface area contributed by atoms with Crippen LogP contribution in [-0.2, 0) is 0 Å². The van der Waals surface area contributed by atoms with Crippen molar-refractivity contribution in [1.29, 1.82) is 0 Å². The average Bonchev–Trinajstić information content (AvgIpc) is 2.27.